The van der Waals surface area contributed by atoms with Crippen molar-refractivity contribution in [2.24, 2.45) is 0 Å². The van der Waals surface area contributed by atoms with Gasteiger partial charge in [0.25, 0.3) is 0 Å². The van der Waals surface area contributed by atoms with E-state index in [0.29, 0.717) is 24.3 Å². The van der Waals surface area contributed by atoms with Crippen LogP contribution in [-0.2, 0) is 24.8 Å². The number of ketones is 1. The molecule has 0 aromatic heterocycles. The monoisotopic (exact) mass is 479 g/mol. The number of sulfonamides is 2. The highest BCUT2D eigenvalue weighted by Gasteiger charge is 2.27. The van der Waals surface area contributed by atoms with Gasteiger partial charge in [0.05, 0.1) is 16.3 Å². The van der Waals surface area contributed by atoms with E-state index in [1.807, 2.05) is 0 Å². The molecule has 0 spiro atoms. The molecule has 1 fully saturated rings. The Morgan fingerprint density at radius 1 is 0.906 bits per heavy atom. The van der Waals surface area contributed by atoms with Crippen LogP contribution in [0.4, 0.5) is 5.69 Å². The maximum Gasteiger partial charge on any atom is 0.243 e. The van der Waals surface area contributed by atoms with E-state index in [1.54, 1.807) is 0 Å². The molecule has 1 N–H and O–H groups in total. The van der Waals surface area contributed by atoms with Gasteiger partial charge in [0.1, 0.15) is 0 Å². The van der Waals surface area contributed by atoms with Crippen LogP contribution < -0.4 is 5.32 Å². The van der Waals surface area contributed by atoms with Gasteiger partial charge in [-0.2, -0.15) is 8.61 Å². The van der Waals surface area contributed by atoms with Gasteiger partial charge >= 0.3 is 0 Å². The summed E-state index contributed by atoms with van der Waals surface area (Å²) < 4.78 is 52.8. The van der Waals surface area contributed by atoms with Crippen LogP contribution in [0.2, 0.25) is 0 Å². The van der Waals surface area contributed by atoms with Crippen LogP contribution in [0.5, 0.6) is 0 Å². The first-order valence-electron chi connectivity index (χ1n) is 9.99. The molecule has 9 nitrogen and oxygen atoms in total. The first-order valence-corrected chi connectivity index (χ1v) is 12.9. The summed E-state index contributed by atoms with van der Waals surface area (Å²) >= 11 is 0. The minimum Gasteiger partial charge on any atom is -0.325 e. The number of hydrogen-bond acceptors (Lipinski definition) is 6. The molecule has 0 bridgehead atoms. The molecule has 3 rings (SSSR count). The molecular weight excluding hydrogens is 454 g/mol. The molecular formula is C21H25N3O6S2. The maximum absolute atomic E-state index is 12.7. The van der Waals surface area contributed by atoms with Crippen molar-refractivity contribution in [2.45, 2.75) is 29.6 Å². The van der Waals surface area contributed by atoms with Crippen molar-refractivity contribution in [3.63, 3.8) is 0 Å². The largest absolute Gasteiger partial charge is 0.325 e. The topological polar surface area (TPSA) is 121 Å². The van der Waals surface area contributed by atoms with Gasteiger partial charge in [0.15, 0.2) is 5.78 Å². The highest BCUT2D eigenvalue weighted by Crippen LogP contribution is 2.22. The van der Waals surface area contributed by atoms with Gasteiger partial charge in [-0.25, -0.2) is 16.8 Å². The Morgan fingerprint density at radius 2 is 1.44 bits per heavy atom. The summed E-state index contributed by atoms with van der Waals surface area (Å²) in [5.41, 5.74) is 0.742. The number of carbonyl (C=O) groups is 2. The first-order chi connectivity index (χ1) is 15.0. The van der Waals surface area contributed by atoms with Crippen LogP contribution >= 0.6 is 0 Å². The van der Waals surface area contributed by atoms with Crippen molar-refractivity contribution in [3.05, 3.63) is 54.1 Å². The highest BCUT2D eigenvalue weighted by atomic mass is 32.2. The minimum absolute atomic E-state index is 0.0331. The Morgan fingerprint density at radius 3 is 1.97 bits per heavy atom. The smallest absolute Gasteiger partial charge is 0.243 e. The van der Waals surface area contributed by atoms with E-state index < -0.39 is 32.5 Å². The predicted molar refractivity (Wildman–Crippen MR) is 119 cm³/mol. The Labute approximate surface area is 188 Å². The van der Waals surface area contributed by atoms with Gasteiger partial charge in [-0.15, -0.1) is 0 Å². The second-order valence-electron chi connectivity index (χ2n) is 7.53. The number of hydrogen-bond donors (Lipinski definition) is 1. The normalized spacial score (nSPS) is 15.1. The van der Waals surface area contributed by atoms with Crippen molar-refractivity contribution < 1.29 is 26.4 Å². The molecule has 1 saturated heterocycles. The second kappa shape index (κ2) is 9.49. The zero-order valence-electron chi connectivity index (χ0n) is 17.8. The van der Waals surface area contributed by atoms with E-state index in [0.717, 1.165) is 17.1 Å². The van der Waals surface area contributed by atoms with Gasteiger partial charge in [0, 0.05) is 31.4 Å². The lowest BCUT2D eigenvalue weighted by atomic mass is 10.2. The van der Waals surface area contributed by atoms with Gasteiger partial charge in [-0.05, 0) is 56.2 Å². The predicted octanol–water partition coefficient (Wildman–Crippen LogP) is 1.93. The third-order valence-corrected chi connectivity index (χ3v) is 8.91. The zero-order valence-corrected chi connectivity index (χ0v) is 19.4. The lowest BCUT2D eigenvalue weighted by Gasteiger charge is -2.17. The summed E-state index contributed by atoms with van der Waals surface area (Å²) in [5.74, 6) is -0.757. The number of anilines is 1. The molecule has 2 aromatic rings. The number of carbonyl (C=O) groups excluding carboxylic acids is 2. The number of Topliss-reactive ketones (excluding diaryl/α,β-unsaturated/α-hetero) is 1. The van der Waals surface area contributed by atoms with Crippen molar-refractivity contribution in [2.75, 3.05) is 32.0 Å². The van der Waals surface area contributed by atoms with Gasteiger partial charge in [-0.3, -0.25) is 9.59 Å². The number of rotatable bonds is 8. The van der Waals surface area contributed by atoms with E-state index in [2.05, 4.69) is 5.32 Å². The van der Waals surface area contributed by atoms with E-state index in [1.165, 1.54) is 66.8 Å². The summed E-state index contributed by atoms with van der Waals surface area (Å²) in [6.45, 7) is 1.94. The fourth-order valence-electron chi connectivity index (χ4n) is 3.32. The summed E-state index contributed by atoms with van der Waals surface area (Å²) in [6.07, 6.45) is 1.68. The number of nitrogens with zero attached hydrogens (tertiary/aromatic N) is 2. The first kappa shape index (κ1) is 24.1. The van der Waals surface area contributed by atoms with Gasteiger partial charge < -0.3 is 5.32 Å². The lowest BCUT2D eigenvalue weighted by Crippen LogP contribution is -2.35. The molecule has 11 heteroatoms. The van der Waals surface area contributed by atoms with Crippen LogP contribution in [-0.4, -0.2) is 63.8 Å². The second-order valence-corrected chi connectivity index (χ2v) is 11.5. The lowest BCUT2D eigenvalue weighted by molar-refractivity contribution is -0.116. The Balaban J connectivity index is 1.64. The summed E-state index contributed by atoms with van der Waals surface area (Å²) in [4.78, 5) is 23.8. The molecule has 0 atom stereocenters. The van der Waals surface area contributed by atoms with Gasteiger partial charge in [-0.1, -0.05) is 12.1 Å². The van der Waals surface area contributed by atoms with E-state index in [4.69, 9.17) is 0 Å². The third kappa shape index (κ3) is 5.23. The maximum atomic E-state index is 12.7. The van der Waals surface area contributed by atoms with Gasteiger partial charge in [0.2, 0.25) is 26.0 Å². The standard InChI is InChI=1S/C21H25N3O6S2/c1-16(25)17-5-9-19(10-6-17)31(27,28)23(2)15-21(26)22-18-7-11-20(12-8-18)32(29,30)24-13-3-4-14-24/h5-12H,3-4,13-15H2,1-2H3,(H,22,26). The average Bonchev–Trinajstić information content (AvgIpc) is 3.30. The minimum atomic E-state index is -3.93. The summed E-state index contributed by atoms with van der Waals surface area (Å²) in [7, 11) is -6.20. The van der Waals surface area contributed by atoms with Crippen LogP contribution in [0.1, 0.15) is 30.1 Å². The molecule has 0 aliphatic carbocycles. The Bertz CT molecular complexity index is 1200. The Kier molecular flexibility index (Phi) is 7.13. The number of likely N-dealkylation sites (N-methyl/N-ethyl adjacent to an activating group) is 1. The van der Waals surface area contributed by atoms with Crippen LogP contribution in [0.3, 0.4) is 0 Å². The molecule has 0 radical (unpaired) electrons. The number of nitrogens with one attached hydrogen (secondary N) is 1. The molecule has 0 unspecified atom stereocenters. The van der Waals surface area contributed by atoms with Crippen LogP contribution in [0.25, 0.3) is 0 Å². The number of benzene rings is 2. The SMILES string of the molecule is CC(=O)c1ccc(S(=O)(=O)N(C)CC(=O)Nc2ccc(S(=O)(=O)N3CCCC3)cc2)cc1. The van der Waals surface area contributed by atoms with Crippen molar-refractivity contribution >= 4 is 37.4 Å². The number of amides is 1. The molecule has 32 heavy (non-hydrogen) atoms. The molecule has 1 aliphatic heterocycles. The fraction of sp³-hybridized carbons (Fsp3) is 0.333. The zero-order chi connectivity index (χ0) is 23.5. The molecule has 172 valence electrons. The van der Waals surface area contributed by atoms with E-state index >= 15 is 0 Å². The molecule has 1 amide bonds. The summed E-state index contributed by atoms with van der Waals surface area (Å²) in [5, 5.41) is 2.57. The molecule has 2 aromatic carbocycles. The van der Waals surface area contributed by atoms with Crippen molar-refractivity contribution in [1.29, 1.82) is 0 Å². The molecule has 1 aliphatic rings. The average molecular weight is 480 g/mol. The quantitative estimate of drug-likeness (QED) is 0.578. The van der Waals surface area contributed by atoms with E-state index in [-0.39, 0.29) is 15.6 Å². The Hall–Kier alpha value is -2.60. The highest BCUT2D eigenvalue weighted by molar-refractivity contribution is 7.89. The fourth-order valence-corrected chi connectivity index (χ4v) is 5.96. The molecule has 0 saturated carbocycles. The molecule has 1 heterocycles. The third-order valence-electron chi connectivity index (χ3n) is 5.18. The van der Waals surface area contributed by atoms with E-state index in [9.17, 15) is 26.4 Å². The van der Waals surface area contributed by atoms with Crippen LogP contribution in [0, 0.1) is 0 Å². The van der Waals surface area contributed by atoms with Crippen LogP contribution in [0.15, 0.2) is 58.3 Å². The summed E-state index contributed by atoms with van der Waals surface area (Å²) in [6, 6.07) is 11.2. The van der Waals surface area contributed by atoms with Crippen molar-refractivity contribution in [3.8, 4) is 0 Å². The van der Waals surface area contributed by atoms with Crippen molar-refractivity contribution in [1.82, 2.24) is 8.61 Å².